The number of aryl methyl sites for hydroxylation is 1. The molecule has 0 radical (unpaired) electrons. The Bertz CT molecular complexity index is 607. The average Bonchev–Trinajstić information content (AvgIpc) is 2.75. The van der Waals surface area contributed by atoms with E-state index in [1.54, 1.807) is 7.11 Å². The Morgan fingerprint density at radius 2 is 2.10 bits per heavy atom. The second-order valence-electron chi connectivity index (χ2n) is 4.61. The molecule has 20 heavy (non-hydrogen) atoms. The molecule has 0 saturated carbocycles. The lowest BCUT2D eigenvalue weighted by atomic mass is 10.1. The van der Waals surface area contributed by atoms with Gasteiger partial charge in [-0.25, -0.2) is 4.98 Å². The van der Waals surface area contributed by atoms with E-state index in [1.807, 2.05) is 18.2 Å². The van der Waals surface area contributed by atoms with Crippen LogP contribution in [0.4, 0.5) is 5.82 Å². The first-order valence-corrected chi connectivity index (χ1v) is 7.18. The molecule has 1 heterocycles. The van der Waals surface area contributed by atoms with Crippen LogP contribution in [0.1, 0.15) is 26.1 Å². The molecule has 2 N–H and O–H groups in total. The molecule has 0 spiro atoms. The summed E-state index contributed by atoms with van der Waals surface area (Å²) >= 11 is 6.17. The van der Waals surface area contributed by atoms with Gasteiger partial charge in [0, 0.05) is 18.5 Å². The Hall–Kier alpha value is -1.68. The molecule has 1 aromatic carbocycles. The smallest absolute Gasteiger partial charge is 0.137 e. The second kappa shape index (κ2) is 6.18. The Balaban J connectivity index is 2.49. The number of hydrogen-bond acceptors (Lipinski definition) is 3. The van der Waals surface area contributed by atoms with Gasteiger partial charge in [0.25, 0.3) is 0 Å². The van der Waals surface area contributed by atoms with Crippen molar-refractivity contribution in [2.24, 2.45) is 0 Å². The fraction of sp³-hybridized carbons (Fsp3) is 0.400. The van der Waals surface area contributed by atoms with Crippen molar-refractivity contribution in [1.82, 2.24) is 9.55 Å². The van der Waals surface area contributed by atoms with Crippen LogP contribution in [0, 0.1) is 0 Å². The molecule has 5 heteroatoms. The van der Waals surface area contributed by atoms with Crippen LogP contribution < -0.4 is 10.5 Å². The highest BCUT2D eigenvalue weighted by molar-refractivity contribution is 6.32. The number of hydrogen-bond donors (Lipinski definition) is 1. The Morgan fingerprint density at radius 1 is 1.35 bits per heavy atom. The van der Waals surface area contributed by atoms with E-state index in [0.717, 1.165) is 36.5 Å². The summed E-state index contributed by atoms with van der Waals surface area (Å²) in [6, 6.07) is 5.61. The largest absolute Gasteiger partial charge is 0.495 e. The average molecular weight is 294 g/mol. The van der Waals surface area contributed by atoms with E-state index < -0.39 is 0 Å². The molecule has 0 saturated heterocycles. The Labute approximate surface area is 124 Å². The number of benzene rings is 1. The van der Waals surface area contributed by atoms with E-state index >= 15 is 0 Å². The summed E-state index contributed by atoms with van der Waals surface area (Å²) in [7, 11) is 1.60. The maximum absolute atomic E-state index is 6.22. The van der Waals surface area contributed by atoms with Crippen molar-refractivity contribution in [3.8, 4) is 17.0 Å². The SMILES string of the molecule is CCCc1nc(-c2ccc(OC)c(Cl)c2)c(N)n1CC. The molecular weight excluding hydrogens is 274 g/mol. The third-order valence-corrected chi connectivity index (χ3v) is 3.60. The van der Waals surface area contributed by atoms with Gasteiger partial charge in [-0.05, 0) is 31.5 Å². The van der Waals surface area contributed by atoms with Crippen molar-refractivity contribution in [3.05, 3.63) is 29.0 Å². The van der Waals surface area contributed by atoms with E-state index in [2.05, 4.69) is 23.4 Å². The maximum Gasteiger partial charge on any atom is 0.137 e. The van der Waals surface area contributed by atoms with Crippen LogP contribution in [0.2, 0.25) is 5.02 Å². The highest BCUT2D eigenvalue weighted by Gasteiger charge is 2.15. The minimum absolute atomic E-state index is 0.562. The van der Waals surface area contributed by atoms with Gasteiger partial charge in [-0.3, -0.25) is 0 Å². The summed E-state index contributed by atoms with van der Waals surface area (Å²) in [5.74, 6) is 2.37. The predicted molar refractivity (Wildman–Crippen MR) is 83.3 cm³/mol. The number of nitrogen functional groups attached to an aromatic ring is 1. The van der Waals surface area contributed by atoms with Crippen molar-refractivity contribution in [2.75, 3.05) is 12.8 Å². The van der Waals surface area contributed by atoms with Gasteiger partial charge in [0.2, 0.25) is 0 Å². The molecule has 0 amide bonds. The second-order valence-corrected chi connectivity index (χ2v) is 5.01. The van der Waals surface area contributed by atoms with Crippen LogP contribution in [-0.2, 0) is 13.0 Å². The number of ether oxygens (including phenoxy) is 1. The number of rotatable bonds is 5. The van der Waals surface area contributed by atoms with Gasteiger partial charge in [-0.1, -0.05) is 18.5 Å². The van der Waals surface area contributed by atoms with Crippen molar-refractivity contribution < 1.29 is 4.74 Å². The normalized spacial score (nSPS) is 10.8. The lowest BCUT2D eigenvalue weighted by Crippen LogP contribution is -2.05. The van der Waals surface area contributed by atoms with Gasteiger partial charge in [0.15, 0.2) is 0 Å². The fourth-order valence-corrected chi connectivity index (χ4v) is 2.56. The number of imidazole rings is 1. The van der Waals surface area contributed by atoms with Crippen LogP contribution in [0.25, 0.3) is 11.3 Å². The van der Waals surface area contributed by atoms with Crippen LogP contribution in [0.3, 0.4) is 0 Å². The molecular formula is C15H20ClN3O. The third kappa shape index (κ3) is 2.61. The topological polar surface area (TPSA) is 53.1 Å². The summed E-state index contributed by atoms with van der Waals surface area (Å²) in [5, 5.41) is 0.562. The van der Waals surface area contributed by atoms with Crippen LogP contribution in [0.15, 0.2) is 18.2 Å². The number of nitrogens with two attached hydrogens (primary N) is 1. The zero-order valence-corrected chi connectivity index (χ0v) is 12.9. The number of aromatic nitrogens is 2. The molecule has 0 aliphatic heterocycles. The minimum Gasteiger partial charge on any atom is -0.495 e. The summed E-state index contributed by atoms with van der Waals surface area (Å²) < 4.78 is 7.22. The fourth-order valence-electron chi connectivity index (χ4n) is 2.31. The van der Waals surface area contributed by atoms with Gasteiger partial charge in [0.1, 0.15) is 23.1 Å². The van der Waals surface area contributed by atoms with Crippen molar-refractivity contribution >= 4 is 17.4 Å². The molecule has 108 valence electrons. The first-order valence-electron chi connectivity index (χ1n) is 6.81. The number of methoxy groups -OCH3 is 1. The lowest BCUT2D eigenvalue weighted by molar-refractivity contribution is 0.415. The van der Waals surface area contributed by atoms with Crippen LogP contribution in [0.5, 0.6) is 5.75 Å². The molecule has 0 atom stereocenters. The lowest BCUT2D eigenvalue weighted by Gasteiger charge is -2.06. The predicted octanol–water partition coefficient (Wildman–Crippen LogP) is 3.77. The summed E-state index contributed by atoms with van der Waals surface area (Å²) in [6.07, 6.45) is 1.96. The van der Waals surface area contributed by atoms with Crippen LogP contribution in [-0.4, -0.2) is 16.7 Å². The van der Waals surface area contributed by atoms with Gasteiger partial charge in [-0.2, -0.15) is 0 Å². The standard InChI is InChI=1S/C15H20ClN3O/c1-4-6-13-18-14(15(17)19(13)5-2)10-7-8-12(20-3)11(16)9-10/h7-9H,4-6,17H2,1-3H3. The van der Waals surface area contributed by atoms with Crippen molar-refractivity contribution in [3.63, 3.8) is 0 Å². The van der Waals surface area contributed by atoms with Crippen molar-refractivity contribution in [2.45, 2.75) is 33.2 Å². The molecule has 2 rings (SSSR count). The molecule has 0 aliphatic carbocycles. The molecule has 0 fully saturated rings. The highest BCUT2D eigenvalue weighted by atomic mass is 35.5. The quantitative estimate of drug-likeness (QED) is 0.913. The van der Waals surface area contributed by atoms with Gasteiger partial charge < -0.3 is 15.0 Å². The Morgan fingerprint density at radius 3 is 2.65 bits per heavy atom. The van der Waals surface area contributed by atoms with E-state index in [4.69, 9.17) is 22.1 Å². The zero-order chi connectivity index (χ0) is 14.7. The van der Waals surface area contributed by atoms with Gasteiger partial charge in [-0.15, -0.1) is 0 Å². The Kier molecular flexibility index (Phi) is 4.55. The third-order valence-electron chi connectivity index (χ3n) is 3.30. The highest BCUT2D eigenvalue weighted by Crippen LogP contribution is 2.33. The maximum atomic E-state index is 6.22. The first kappa shape index (κ1) is 14.7. The van der Waals surface area contributed by atoms with E-state index in [-0.39, 0.29) is 0 Å². The summed E-state index contributed by atoms with van der Waals surface area (Å²) in [4.78, 5) is 4.68. The molecule has 4 nitrogen and oxygen atoms in total. The number of nitrogens with zero attached hydrogens (tertiary/aromatic N) is 2. The zero-order valence-electron chi connectivity index (χ0n) is 12.1. The van der Waals surface area contributed by atoms with Crippen molar-refractivity contribution in [1.29, 1.82) is 0 Å². The molecule has 0 aliphatic rings. The van der Waals surface area contributed by atoms with Gasteiger partial charge in [0.05, 0.1) is 12.1 Å². The summed E-state index contributed by atoms with van der Waals surface area (Å²) in [6.45, 7) is 5.02. The number of halogens is 1. The molecule has 0 bridgehead atoms. The molecule has 0 unspecified atom stereocenters. The minimum atomic E-state index is 0.562. The first-order chi connectivity index (χ1) is 9.62. The summed E-state index contributed by atoms with van der Waals surface area (Å²) in [5.41, 5.74) is 7.93. The van der Waals surface area contributed by atoms with Gasteiger partial charge >= 0.3 is 0 Å². The monoisotopic (exact) mass is 293 g/mol. The molecule has 2 aromatic rings. The number of anilines is 1. The molecule has 1 aromatic heterocycles. The van der Waals surface area contributed by atoms with E-state index in [9.17, 15) is 0 Å². The van der Waals surface area contributed by atoms with Crippen LogP contribution >= 0.6 is 11.6 Å². The van der Waals surface area contributed by atoms with E-state index in [0.29, 0.717) is 16.6 Å². The van der Waals surface area contributed by atoms with E-state index in [1.165, 1.54) is 0 Å².